The molecule has 0 aliphatic heterocycles. The number of carbonyl (C=O) groups is 1. The van der Waals surface area contributed by atoms with Crippen molar-refractivity contribution in [2.75, 3.05) is 0 Å². The molecule has 3 aromatic carbocycles. The molecule has 4 rings (SSSR count). The second kappa shape index (κ2) is 7.29. The standard InChI is InChI=1S/C23H17ClO3/c1-2-21(25)27-23-18-11-7-6-10-17(18)22(26-16-8-4-3-5-9-16)19-13-12-15(24)14-20(19)23/h2-12H,1,13-14H2. The van der Waals surface area contributed by atoms with Crippen LogP contribution >= 0.6 is 11.6 Å². The third-order valence-electron chi connectivity index (χ3n) is 4.53. The summed E-state index contributed by atoms with van der Waals surface area (Å²) < 4.78 is 11.9. The van der Waals surface area contributed by atoms with Crippen molar-refractivity contribution in [2.45, 2.75) is 12.8 Å². The zero-order chi connectivity index (χ0) is 18.8. The summed E-state index contributed by atoms with van der Waals surface area (Å²) in [5.74, 6) is 1.55. The van der Waals surface area contributed by atoms with Crippen LogP contribution in [0.1, 0.15) is 11.1 Å². The summed E-state index contributed by atoms with van der Waals surface area (Å²) in [6.07, 6.45) is 4.23. The monoisotopic (exact) mass is 376 g/mol. The smallest absolute Gasteiger partial charge is 0.335 e. The van der Waals surface area contributed by atoms with E-state index >= 15 is 0 Å². The Morgan fingerprint density at radius 3 is 2.33 bits per heavy atom. The second-order valence-corrected chi connectivity index (χ2v) is 6.72. The Morgan fingerprint density at radius 1 is 0.963 bits per heavy atom. The first kappa shape index (κ1) is 17.4. The van der Waals surface area contributed by atoms with Crippen LogP contribution in [0.25, 0.3) is 10.8 Å². The number of para-hydroxylation sites is 1. The molecule has 0 saturated heterocycles. The Morgan fingerprint density at radius 2 is 1.63 bits per heavy atom. The number of rotatable bonds is 4. The maximum absolute atomic E-state index is 11.9. The number of hydrogen-bond donors (Lipinski definition) is 0. The van der Waals surface area contributed by atoms with Gasteiger partial charge in [0.2, 0.25) is 0 Å². The molecule has 0 fully saturated rings. The van der Waals surface area contributed by atoms with E-state index in [0.717, 1.165) is 44.5 Å². The average molecular weight is 377 g/mol. The molecule has 0 bridgehead atoms. The van der Waals surface area contributed by atoms with Gasteiger partial charge in [0.1, 0.15) is 17.2 Å². The predicted octanol–water partition coefficient (Wildman–Crippen LogP) is 5.94. The number of carbonyl (C=O) groups excluding carboxylic acids is 1. The Balaban J connectivity index is 1.97. The van der Waals surface area contributed by atoms with Gasteiger partial charge in [0.25, 0.3) is 0 Å². The predicted molar refractivity (Wildman–Crippen MR) is 108 cm³/mol. The minimum absolute atomic E-state index is 0.493. The zero-order valence-corrected chi connectivity index (χ0v) is 15.3. The number of halogens is 1. The maximum atomic E-state index is 11.9. The molecule has 1 aliphatic rings. The van der Waals surface area contributed by atoms with Crippen molar-refractivity contribution in [3.63, 3.8) is 0 Å². The summed E-state index contributed by atoms with van der Waals surface area (Å²) in [5.41, 5.74) is 1.86. The number of benzene rings is 3. The van der Waals surface area contributed by atoms with Gasteiger partial charge >= 0.3 is 5.97 Å². The van der Waals surface area contributed by atoms with Crippen LogP contribution in [0.2, 0.25) is 0 Å². The van der Waals surface area contributed by atoms with E-state index in [4.69, 9.17) is 21.1 Å². The Hall–Kier alpha value is -3.04. The van der Waals surface area contributed by atoms with Crippen LogP contribution in [-0.4, -0.2) is 5.97 Å². The number of hydrogen-bond acceptors (Lipinski definition) is 3. The molecule has 3 aromatic rings. The van der Waals surface area contributed by atoms with E-state index in [1.807, 2.05) is 60.7 Å². The maximum Gasteiger partial charge on any atom is 0.335 e. The van der Waals surface area contributed by atoms with Gasteiger partial charge in [-0.3, -0.25) is 0 Å². The van der Waals surface area contributed by atoms with Crippen LogP contribution < -0.4 is 9.47 Å². The highest BCUT2D eigenvalue weighted by molar-refractivity contribution is 6.30. The Kier molecular flexibility index (Phi) is 4.69. The largest absolute Gasteiger partial charge is 0.456 e. The van der Waals surface area contributed by atoms with Gasteiger partial charge in [-0.1, -0.05) is 66.7 Å². The number of allylic oxidation sites excluding steroid dienone is 2. The van der Waals surface area contributed by atoms with Gasteiger partial charge in [-0.15, -0.1) is 0 Å². The quantitative estimate of drug-likeness (QED) is 0.321. The molecule has 0 radical (unpaired) electrons. The topological polar surface area (TPSA) is 35.5 Å². The molecule has 134 valence electrons. The molecule has 4 heteroatoms. The molecule has 0 N–H and O–H groups in total. The lowest BCUT2D eigenvalue weighted by Crippen LogP contribution is -2.11. The fourth-order valence-electron chi connectivity index (χ4n) is 3.32. The molecular formula is C23H17ClO3. The number of ether oxygens (including phenoxy) is 2. The van der Waals surface area contributed by atoms with E-state index < -0.39 is 5.97 Å². The fourth-order valence-corrected chi connectivity index (χ4v) is 3.53. The van der Waals surface area contributed by atoms with Gasteiger partial charge in [-0.05, 0) is 18.6 Å². The summed E-state index contributed by atoms with van der Waals surface area (Å²) in [7, 11) is 0. The molecule has 0 aromatic heterocycles. The first-order valence-electron chi connectivity index (χ1n) is 8.65. The van der Waals surface area contributed by atoms with Crippen LogP contribution in [0.3, 0.4) is 0 Å². The van der Waals surface area contributed by atoms with Crippen LogP contribution in [-0.2, 0) is 17.6 Å². The normalized spacial score (nSPS) is 12.9. The summed E-state index contributed by atoms with van der Waals surface area (Å²) >= 11 is 6.31. The van der Waals surface area contributed by atoms with Gasteiger partial charge in [0.05, 0.1) is 0 Å². The van der Waals surface area contributed by atoms with Crippen LogP contribution in [0.15, 0.2) is 78.4 Å². The molecule has 1 aliphatic carbocycles. The fraction of sp³-hybridized carbons (Fsp3) is 0.0870. The van der Waals surface area contributed by atoms with Crippen molar-refractivity contribution in [1.82, 2.24) is 0 Å². The third kappa shape index (κ3) is 3.34. The lowest BCUT2D eigenvalue weighted by Gasteiger charge is -2.23. The minimum Gasteiger partial charge on any atom is -0.456 e. The van der Waals surface area contributed by atoms with E-state index in [1.54, 1.807) is 0 Å². The van der Waals surface area contributed by atoms with Crippen molar-refractivity contribution < 1.29 is 14.3 Å². The van der Waals surface area contributed by atoms with Crippen LogP contribution in [0.5, 0.6) is 17.2 Å². The molecule has 3 nitrogen and oxygen atoms in total. The number of fused-ring (bicyclic) bond motifs is 2. The lowest BCUT2D eigenvalue weighted by molar-refractivity contribution is -0.128. The van der Waals surface area contributed by atoms with E-state index in [2.05, 4.69) is 6.58 Å². The highest BCUT2D eigenvalue weighted by Crippen LogP contribution is 2.45. The summed E-state index contributed by atoms with van der Waals surface area (Å²) in [4.78, 5) is 11.9. The number of esters is 1. The highest BCUT2D eigenvalue weighted by atomic mass is 35.5. The van der Waals surface area contributed by atoms with E-state index in [9.17, 15) is 4.79 Å². The molecule has 0 amide bonds. The summed E-state index contributed by atoms with van der Waals surface area (Å²) in [6, 6.07) is 17.4. The molecule has 0 atom stereocenters. The van der Waals surface area contributed by atoms with Crippen molar-refractivity contribution in [3.05, 3.63) is 89.5 Å². The van der Waals surface area contributed by atoms with Crippen LogP contribution in [0, 0.1) is 0 Å². The zero-order valence-electron chi connectivity index (χ0n) is 14.6. The molecule has 27 heavy (non-hydrogen) atoms. The van der Waals surface area contributed by atoms with Crippen LogP contribution in [0.4, 0.5) is 0 Å². The molecular weight excluding hydrogens is 360 g/mol. The van der Waals surface area contributed by atoms with Gasteiger partial charge < -0.3 is 9.47 Å². The summed E-state index contributed by atoms with van der Waals surface area (Å²) in [5, 5.41) is 2.42. The Bertz CT molecular complexity index is 1070. The second-order valence-electron chi connectivity index (χ2n) is 6.23. The highest BCUT2D eigenvalue weighted by Gasteiger charge is 2.25. The Labute approximate surface area is 162 Å². The average Bonchev–Trinajstić information content (AvgIpc) is 2.71. The van der Waals surface area contributed by atoms with Gasteiger partial charge in [-0.25, -0.2) is 4.79 Å². The SMILES string of the molecule is C=CC(=O)Oc1c2c(c(Oc3ccccc3)c3ccccc13)CC=C(Cl)C2. The third-order valence-corrected chi connectivity index (χ3v) is 4.82. The summed E-state index contributed by atoms with van der Waals surface area (Å²) in [6.45, 7) is 3.50. The van der Waals surface area contributed by atoms with Crippen molar-refractivity contribution in [1.29, 1.82) is 0 Å². The van der Waals surface area contributed by atoms with Crippen molar-refractivity contribution in [2.24, 2.45) is 0 Å². The molecule has 0 heterocycles. The van der Waals surface area contributed by atoms with E-state index in [0.29, 0.717) is 18.6 Å². The molecule has 0 spiro atoms. The molecule has 0 unspecified atom stereocenters. The van der Waals surface area contributed by atoms with Gasteiger partial charge in [0.15, 0.2) is 0 Å². The first-order valence-corrected chi connectivity index (χ1v) is 9.03. The van der Waals surface area contributed by atoms with Crippen molar-refractivity contribution in [3.8, 4) is 17.2 Å². The molecule has 0 saturated carbocycles. The first-order chi connectivity index (χ1) is 13.2. The minimum atomic E-state index is -0.496. The van der Waals surface area contributed by atoms with Crippen molar-refractivity contribution >= 4 is 28.3 Å². The van der Waals surface area contributed by atoms with Gasteiger partial charge in [0, 0.05) is 39.4 Å². The van der Waals surface area contributed by atoms with E-state index in [1.165, 1.54) is 0 Å². The lowest BCUT2D eigenvalue weighted by atomic mass is 9.90. The van der Waals surface area contributed by atoms with Gasteiger partial charge in [-0.2, -0.15) is 0 Å². The van der Waals surface area contributed by atoms with E-state index in [-0.39, 0.29) is 0 Å².